The second kappa shape index (κ2) is 8.75. The van der Waals surface area contributed by atoms with Crippen LogP contribution in [0.2, 0.25) is 0 Å². The van der Waals surface area contributed by atoms with Crippen LogP contribution in [0.3, 0.4) is 0 Å². The van der Waals surface area contributed by atoms with Crippen LogP contribution in [-0.4, -0.2) is 17.0 Å². The Bertz CT molecular complexity index is 1200. The first-order valence-electron chi connectivity index (χ1n) is 9.98. The Kier molecular flexibility index (Phi) is 5.88. The largest absolute Gasteiger partial charge is 0.478 e. The Morgan fingerprint density at radius 2 is 1.77 bits per heavy atom. The Morgan fingerprint density at radius 3 is 2.45 bits per heavy atom. The molecule has 0 saturated heterocycles. The third kappa shape index (κ3) is 4.52. The molecule has 1 aromatic heterocycles. The van der Waals surface area contributed by atoms with Gasteiger partial charge < -0.3 is 10.4 Å². The number of carboxylic acid groups (broad SMARTS) is 1. The van der Waals surface area contributed by atoms with Crippen LogP contribution in [0.4, 0.5) is 4.39 Å². The Balaban J connectivity index is 1.59. The molecule has 1 amide bonds. The van der Waals surface area contributed by atoms with Crippen molar-refractivity contribution in [1.82, 2.24) is 5.32 Å². The summed E-state index contributed by atoms with van der Waals surface area (Å²) in [5.74, 6) is 4.66. The summed E-state index contributed by atoms with van der Waals surface area (Å²) in [4.78, 5) is 26.2. The number of hydrogen-bond donors (Lipinski definition) is 2. The van der Waals surface area contributed by atoms with Gasteiger partial charge in [0.15, 0.2) is 0 Å². The first-order valence-corrected chi connectivity index (χ1v) is 10.8. The number of halogens is 1. The molecular formula is C25H20FNO3S. The standard InChI is InChI=1S/C25H20FNO3S/c1-15(17-8-10-18(11-9-17)25(29)30)27-24(28)23-20-3-2-4-21(20)31-22(23)14-7-16-5-12-19(26)13-6-16/h5-6,8-13,15H,2-4H2,1H3,(H,27,28)(H,29,30). The summed E-state index contributed by atoms with van der Waals surface area (Å²) >= 11 is 1.55. The molecule has 1 heterocycles. The third-order valence-electron chi connectivity index (χ3n) is 5.32. The number of fused-ring (bicyclic) bond motifs is 1. The Hall–Kier alpha value is -3.43. The first-order chi connectivity index (χ1) is 14.9. The molecule has 1 aliphatic carbocycles. The van der Waals surface area contributed by atoms with Crippen molar-refractivity contribution in [3.05, 3.63) is 91.9 Å². The highest BCUT2D eigenvalue weighted by molar-refractivity contribution is 7.13. The highest BCUT2D eigenvalue weighted by Crippen LogP contribution is 2.35. The molecule has 1 atom stereocenters. The molecule has 0 bridgehead atoms. The molecule has 6 heteroatoms. The third-order valence-corrected chi connectivity index (χ3v) is 6.53. The number of thiophene rings is 1. The minimum Gasteiger partial charge on any atom is -0.478 e. The van der Waals surface area contributed by atoms with Gasteiger partial charge in [-0.05, 0) is 79.6 Å². The van der Waals surface area contributed by atoms with Gasteiger partial charge in [0, 0.05) is 10.4 Å². The van der Waals surface area contributed by atoms with Gasteiger partial charge in [0.2, 0.25) is 0 Å². The van der Waals surface area contributed by atoms with E-state index < -0.39 is 5.97 Å². The van der Waals surface area contributed by atoms with E-state index in [1.165, 1.54) is 29.1 Å². The lowest BCUT2D eigenvalue weighted by Crippen LogP contribution is -2.27. The molecule has 0 fully saturated rings. The number of rotatable bonds is 4. The predicted octanol–water partition coefficient (Wildman–Crippen LogP) is 4.96. The normalized spacial score (nSPS) is 13.1. The van der Waals surface area contributed by atoms with Crippen molar-refractivity contribution in [2.45, 2.75) is 32.2 Å². The molecule has 1 unspecified atom stereocenters. The molecule has 156 valence electrons. The number of amides is 1. The van der Waals surface area contributed by atoms with Crippen LogP contribution in [0.1, 0.15) is 66.5 Å². The molecule has 4 rings (SSSR count). The van der Waals surface area contributed by atoms with Crippen molar-refractivity contribution in [1.29, 1.82) is 0 Å². The van der Waals surface area contributed by atoms with E-state index >= 15 is 0 Å². The van der Waals surface area contributed by atoms with E-state index in [1.54, 1.807) is 35.6 Å². The van der Waals surface area contributed by atoms with E-state index in [0.29, 0.717) is 11.1 Å². The highest BCUT2D eigenvalue weighted by Gasteiger charge is 2.26. The van der Waals surface area contributed by atoms with E-state index in [0.717, 1.165) is 35.3 Å². The molecule has 0 aliphatic heterocycles. The first kappa shape index (κ1) is 20.8. The van der Waals surface area contributed by atoms with Gasteiger partial charge in [0.1, 0.15) is 5.82 Å². The van der Waals surface area contributed by atoms with Crippen molar-refractivity contribution in [2.75, 3.05) is 0 Å². The maximum Gasteiger partial charge on any atom is 0.335 e. The summed E-state index contributed by atoms with van der Waals surface area (Å²) in [7, 11) is 0. The lowest BCUT2D eigenvalue weighted by Gasteiger charge is -2.15. The van der Waals surface area contributed by atoms with Gasteiger partial charge >= 0.3 is 5.97 Å². The lowest BCUT2D eigenvalue weighted by molar-refractivity contribution is 0.0696. The number of nitrogens with one attached hydrogen (secondary N) is 1. The average molecular weight is 434 g/mol. The second-order valence-corrected chi connectivity index (χ2v) is 8.55. The number of aromatic carboxylic acids is 1. The molecular weight excluding hydrogens is 413 g/mol. The predicted molar refractivity (Wildman–Crippen MR) is 118 cm³/mol. The number of benzene rings is 2. The summed E-state index contributed by atoms with van der Waals surface area (Å²) in [6, 6.07) is 12.2. The molecule has 3 aromatic rings. The second-order valence-electron chi connectivity index (χ2n) is 7.44. The minimum atomic E-state index is -0.985. The fraction of sp³-hybridized carbons (Fsp3) is 0.200. The van der Waals surface area contributed by atoms with Crippen molar-refractivity contribution in [3.8, 4) is 11.8 Å². The van der Waals surface area contributed by atoms with Gasteiger partial charge in [-0.15, -0.1) is 11.3 Å². The van der Waals surface area contributed by atoms with Crippen LogP contribution >= 0.6 is 11.3 Å². The average Bonchev–Trinajstić information content (AvgIpc) is 3.34. The molecule has 0 radical (unpaired) electrons. The number of aryl methyl sites for hydroxylation is 1. The van der Waals surface area contributed by atoms with Crippen molar-refractivity contribution < 1.29 is 19.1 Å². The van der Waals surface area contributed by atoms with Crippen molar-refractivity contribution in [2.24, 2.45) is 0 Å². The topological polar surface area (TPSA) is 66.4 Å². The van der Waals surface area contributed by atoms with Gasteiger partial charge in [-0.25, -0.2) is 9.18 Å². The quantitative estimate of drug-likeness (QED) is 0.571. The summed E-state index contributed by atoms with van der Waals surface area (Å²) in [6.45, 7) is 1.87. The molecule has 0 saturated carbocycles. The molecule has 1 aliphatic rings. The van der Waals surface area contributed by atoms with Crippen LogP contribution in [0.15, 0.2) is 48.5 Å². The SMILES string of the molecule is CC(NC(=O)c1c(C#Cc2ccc(F)cc2)sc2c1CCC2)c1ccc(C(=O)O)cc1. The smallest absolute Gasteiger partial charge is 0.335 e. The van der Waals surface area contributed by atoms with Crippen LogP contribution in [0.25, 0.3) is 0 Å². The summed E-state index contributed by atoms with van der Waals surface area (Å²) in [5, 5.41) is 12.1. The molecule has 2 N–H and O–H groups in total. The number of carbonyl (C=O) groups excluding carboxylic acids is 1. The number of carboxylic acids is 1. The summed E-state index contributed by atoms with van der Waals surface area (Å²) in [6.07, 6.45) is 2.83. The number of hydrogen-bond acceptors (Lipinski definition) is 3. The summed E-state index contributed by atoms with van der Waals surface area (Å²) in [5.41, 5.74) is 3.41. The van der Waals surface area contributed by atoms with Crippen molar-refractivity contribution in [3.63, 3.8) is 0 Å². The Labute approximate surface area is 183 Å². The van der Waals surface area contributed by atoms with Crippen LogP contribution in [0.5, 0.6) is 0 Å². The Morgan fingerprint density at radius 1 is 1.06 bits per heavy atom. The van der Waals surface area contributed by atoms with E-state index in [4.69, 9.17) is 5.11 Å². The van der Waals surface area contributed by atoms with Crippen LogP contribution < -0.4 is 5.32 Å². The van der Waals surface area contributed by atoms with Gasteiger partial charge in [-0.2, -0.15) is 0 Å². The fourth-order valence-corrected chi connectivity index (χ4v) is 4.90. The minimum absolute atomic E-state index is 0.183. The van der Waals surface area contributed by atoms with Gasteiger partial charge in [0.05, 0.1) is 22.0 Å². The van der Waals surface area contributed by atoms with Crippen LogP contribution in [0, 0.1) is 17.7 Å². The van der Waals surface area contributed by atoms with E-state index in [9.17, 15) is 14.0 Å². The number of carbonyl (C=O) groups is 2. The fourth-order valence-electron chi connectivity index (χ4n) is 3.66. The monoisotopic (exact) mass is 433 g/mol. The van der Waals surface area contributed by atoms with Crippen molar-refractivity contribution >= 4 is 23.2 Å². The van der Waals surface area contributed by atoms with Gasteiger partial charge in [-0.3, -0.25) is 4.79 Å². The molecule has 0 spiro atoms. The van der Waals surface area contributed by atoms with E-state index in [-0.39, 0.29) is 23.3 Å². The maximum atomic E-state index is 13.2. The summed E-state index contributed by atoms with van der Waals surface area (Å²) < 4.78 is 13.1. The molecule has 4 nitrogen and oxygen atoms in total. The zero-order valence-electron chi connectivity index (χ0n) is 16.9. The molecule has 31 heavy (non-hydrogen) atoms. The highest BCUT2D eigenvalue weighted by atomic mass is 32.1. The van der Waals surface area contributed by atoms with Crippen LogP contribution in [-0.2, 0) is 12.8 Å². The van der Waals surface area contributed by atoms with E-state index in [1.807, 2.05) is 6.92 Å². The van der Waals surface area contributed by atoms with Gasteiger partial charge in [0.25, 0.3) is 5.91 Å². The zero-order valence-corrected chi connectivity index (χ0v) is 17.7. The lowest BCUT2D eigenvalue weighted by atomic mass is 10.0. The molecule has 2 aromatic carbocycles. The maximum absolute atomic E-state index is 13.2. The zero-order chi connectivity index (χ0) is 22.0. The van der Waals surface area contributed by atoms with Gasteiger partial charge in [-0.1, -0.05) is 18.1 Å². The van der Waals surface area contributed by atoms with E-state index in [2.05, 4.69) is 17.2 Å².